The fourth-order valence-corrected chi connectivity index (χ4v) is 2.93. The zero-order valence-electron chi connectivity index (χ0n) is 15.0. The normalized spacial score (nSPS) is 10.4. The molecule has 0 aliphatic carbocycles. The van der Waals surface area contributed by atoms with Crippen LogP contribution < -0.4 is 16.0 Å². The zero-order valence-corrected chi connectivity index (χ0v) is 15.8. The summed E-state index contributed by atoms with van der Waals surface area (Å²) in [4.78, 5) is 27.6. The number of benzene rings is 1. The zero-order chi connectivity index (χ0) is 18.8. The molecule has 0 atom stereocenters. The topological polar surface area (TPSA) is 83.1 Å². The third kappa shape index (κ3) is 7.57. The van der Waals surface area contributed by atoms with Crippen molar-refractivity contribution in [2.45, 2.75) is 32.2 Å². The first-order valence-electron chi connectivity index (χ1n) is 8.42. The second-order valence-electron chi connectivity index (χ2n) is 6.08. The van der Waals surface area contributed by atoms with Gasteiger partial charge >= 0.3 is 6.03 Å². The van der Waals surface area contributed by atoms with E-state index >= 15 is 0 Å². The van der Waals surface area contributed by atoms with Crippen LogP contribution in [0.4, 0.5) is 10.5 Å². The summed E-state index contributed by atoms with van der Waals surface area (Å²) in [6.07, 6.45) is 3.54. The van der Waals surface area contributed by atoms with E-state index in [-0.39, 0.29) is 18.0 Å². The number of pyridine rings is 1. The van der Waals surface area contributed by atoms with Gasteiger partial charge in [-0.05, 0) is 43.2 Å². The van der Waals surface area contributed by atoms with Gasteiger partial charge in [0, 0.05) is 36.4 Å². The predicted molar refractivity (Wildman–Crippen MR) is 106 cm³/mol. The van der Waals surface area contributed by atoms with E-state index in [1.54, 1.807) is 18.0 Å². The number of hydrogen-bond donors (Lipinski definition) is 3. The molecule has 0 unspecified atom stereocenters. The summed E-state index contributed by atoms with van der Waals surface area (Å²) in [6.45, 7) is 4.27. The Hall–Kier alpha value is -2.54. The lowest BCUT2D eigenvalue weighted by Gasteiger charge is -2.11. The summed E-state index contributed by atoms with van der Waals surface area (Å²) >= 11 is 1.56. The van der Waals surface area contributed by atoms with E-state index in [9.17, 15) is 9.59 Å². The van der Waals surface area contributed by atoms with Crippen molar-refractivity contribution < 1.29 is 9.59 Å². The highest BCUT2D eigenvalue weighted by molar-refractivity contribution is 7.99. The van der Waals surface area contributed by atoms with E-state index in [4.69, 9.17) is 0 Å². The number of anilines is 1. The molecule has 2 aromatic rings. The lowest BCUT2D eigenvalue weighted by atomic mass is 10.2. The maximum atomic E-state index is 11.9. The summed E-state index contributed by atoms with van der Waals surface area (Å²) in [5.41, 5.74) is 2.80. The van der Waals surface area contributed by atoms with Crippen molar-refractivity contribution in [3.05, 3.63) is 59.9 Å². The van der Waals surface area contributed by atoms with Crippen LogP contribution in [0.2, 0.25) is 0 Å². The molecule has 0 aliphatic rings. The van der Waals surface area contributed by atoms with Gasteiger partial charge in [0.25, 0.3) is 0 Å². The van der Waals surface area contributed by atoms with Crippen LogP contribution in [0.15, 0.2) is 48.8 Å². The molecule has 138 valence electrons. The minimum absolute atomic E-state index is 0.00240. The Labute approximate surface area is 158 Å². The molecule has 1 aromatic carbocycles. The fourth-order valence-electron chi connectivity index (χ4n) is 2.13. The summed E-state index contributed by atoms with van der Waals surface area (Å²) < 4.78 is 0. The lowest BCUT2D eigenvalue weighted by molar-refractivity contribution is -0.118. The van der Waals surface area contributed by atoms with Crippen molar-refractivity contribution in [2.24, 2.45) is 0 Å². The summed E-state index contributed by atoms with van der Waals surface area (Å²) in [5, 5.41) is 8.42. The number of thioether (sulfide) groups is 1. The Kier molecular flexibility index (Phi) is 7.95. The van der Waals surface area contributed by atoms with Crippen molar-refractivity contribution in [1.82, 2.24) is 15.6 Å². The number of amides is 3. The maximum absolute atomic E-state index is 11.9. The van der Waals surface area contributed by atoms with Crippen LogP contribution in [-0.2, 0) is 17.1 Å². The van der Waals surface area contributed by atoms with Gasteiger partial charge in [0.1, 0.15) is 0 Å². The predicted octanol–water partition coefficient (Wildman–Crippen LogP) is 3.16. The molecule has 3 N–H and O–H groups in total. The minimum Gasteiger partial charge on any atom is -0.351 e. The van der Waals surface area contributed by atoms with Gasteiger partial charge in [0.05, 0.1) is 5.75 Å². The molecule has 0 bridgehead atoms. The number of rotatable bonds is 8. The molecular weight excluding hydrogens is 348 g/mol. The summed E-state index contributed by atoms with van der Waals surface area (Å²) in [7, 11) is 0. The Morgan fingerprint density at radius 1 is 1.12 bits per heavy atom. The van der Waals surface area contributed by atoms with E-state index in [0.717, 1.165) is 16.9 Å². The molecule has 0 saturated carbocycles. The van der Waals surface area contributed by atoms with Crippen molar-refractivity contribution in [1.29, 1.82) is 0 Å². The third-order valence-electron chi connectivity index (χ3n) is 3.35. The Balaban J connectivity index is 1.68. The second kappa shape index (κ2) is 10.5. The van der Waals surface area contributed by atoms with Gasteiger partial charge in [-0.3, -0.25) is 9.78 Å². The van der Waals surface area contributed by atoms with Crippen LogP contribution in [0.5, 0.6) is 0 Å². The van der Waals surface area contributed by atoms with Gasteiger partial charge in [0.15, 0.2) is 0 Å². The molecule has 26 heavy (non-hydrogen) atoms. The van der Waals surface area contributed by atoms with Crippen LogP contribution in [0.25, 0.3) is 0 Å². The highest BCUT2D eigenvalue weighted by atomic mass is 32.2. The monoisotopic (exact) mass is 372 g/mol. The highest BCUT2D eigenvalue weighted by Gasteiger charge is 2.05. The molecule has 0 radical (unpaired) electrons. The highest BCUT2D eigenvalue weighted by Crippen LogP contribution is 2.11. The first-order valence-corrected chi connectivity index (χ1v) is 9.58. The van der Waals surface area contributed by atoms with Gasteiger partial charge in [-0.2, -0.15) is 0 Å². The number of aromatic nitrogens is 1. The summed E-state index contributed by atoms with van der Waals surface area (Å²) in [6, 6.07) is 11.1. The molecule has 2 rings (SSSR count). The number of nitrogens with zero attached hydrogens (tertiary/aromatic N) is 1. The first-order chi connectivity index (χ1) is 12.5. The Bertz CT molecular complexity index is 705. The quantitative estimate of drug-likeness (QED) is 0.665. The maximum Gasteiger partial charge on any atom is 0.319 e. The SMILES string of the molecule is CC(C)NC(=O)Nc1ccc(CNC(=O)CSCc2cccnc2)cc1. The smallest absolute Gasteiger partial charge is 0.319 e. The number of hydrogen-bond acceptors (Lipinski definition) is 4. The van der Waals surface area contributed by atoms with Crippen LogP contribution in [0, 0.1) is 0 Å². The van der Waals surface area contributed by atoms with E-state index in [1.165, 1.54) is 0 Å². The molecule has 3 amide bonds. The Morgan fingerprint density at radius 3 is 2.54 bits per heavy atom. The van der Waals surface area contributed by atoms with Crippen LogP contribution in [0.3, 0.4) is 0 Å². The van der Waals surface area contributed by atoms with Gasteiger partial charge in [-0.25, -0.2) is 4.79 Å². The number of nitrogens with one attached hydrogen (secondary N) is 3. The molecule has 0 saturated heterocycles. The largest absolute Gasteiger partial charge is 0.351 e. The number of carbonyl (C=O) groups excluding carboxylic acids is 2. The third-order valence-corrected chi connectivity index (χ3v) is 4.35. The standard InChI is InChI=1S/C19H24N4O2S/c1-14(2)22-19(25)23-17-7-5-15(6-8-17)11-21-18(24)13-26-12-16-4-3-9-20-10-16/h3-10,14H,11-13H2,1-2H3,(H,21,24)(H2,22,23,25). The molecule has 0 spiro atoms. The molecule has 7 heteroatoms. The van der Waals surface area contributed by atoms with Crippen molar-refractivity contribution in [3.63, 3.8) is 0 Å². The number of carbonyl (C=O) groups is 2. The number of urea groups is 1. The average Bonchev–Trinajstić information content (AvgIpc) is 2.61. The van der Waals surface area contributed by atoms with Crippen molar-refractivity contribution in [3.8, 4) is 0 Å². The lowest BCUT2D eigenvalue weighted by Crippen LogP contribution is -2.34. The molecule has 0 fully saturated rings. The average molecular weight is 372 g/mol. The fraction of sp³-hybridized carbons (Fsp3) is 0.316. The minimum atomic E-state index is -0.230. The van der Waals surface area contributed by atoms with Gasteiger partial charge in [0.2, 0.25) is 5.91 Å². The van der Waals surface area contributed by atoms with E-state index < -0.39 is 0 Å². The molecular formula is C19H24N4O2S. The van der Waals surface area contributed by atoms with Gasteiger partial charge in [-0.15, -0.1) is 11.8 Å². The summed E-state index contributed by atoms with van der Waals surface area (Å²) in [5.74, 6) is 1.17. The van der Waals surface area contributed by atoms with Crippen molar-refractivity contribution in [2.75, 3.05) is 11.1 Å². The van der Waals surface area contributed by atoms with Crippen LogP contribution >= 0.6 is 11.8 Å². The van der Waals surface area contributed by atoms with E-state index in [2.05, 4.69) is 20.9 Å². The van der Waals surface area contributed by atoms with Crippen LogP contribution in [-0.4, -0.2) is 28.7 Å². The first kappa shape index (κ1) is 19.8. The molecule has 1 aromatic heterocycles. The van der Waals surface area contributed by atoms with E-state index in [0.29, 0.717) is 18.0 Å². The van der Waals surface area contributed by atoms with Crippen molar-refractivity contribution >= 4 is 29.4 Å². The Morgan fingerprint density at radius 2 is 1.88 bits per heavy atom. The van der Waals surface area contributed by atoms with E-state index in [1.807, 2.05) is 56.4 Å². The molecule has 1 heterocycles. The molecule has 0 aliphatic heterocycles. The van der Waals surface area contributed by atoms with Gasteiger partial charge < -0.3 is 16.0 Å². The second-order valence-corrected chi connectivity index (χ2v) is 7.07. The molecule has 6 nitrogen and oxygen atoms in total. The van der Waals surface area contributed by atoms with Gasteiger partial charge in [-0.1, -0.05) is 18.2 Å². The van der Waals surface area contributed by atoms with Crippen LogP contribution in [0.1, 0.15) is 25.0 Å².